The summed E-state index contributed by atoms with van der Waals surface area (Å²) < 4.78 is 6.95. The van der Waals surface area contributed by atoms with Crippen LogP contribution in [-0.2, 0) is 6.42 Å². The van der Waals surface area contributed by atoms with Crippen LogP contribution in [0, 0.1) is 0 Å². The van der Waals surface area contributed by atoms with Crippen LogP contribution < -0.4 is 4.74 Å². The van der Waals surface area contributed by atoms with Gasteiger partial charge >= 0.3 is 0 Å². The third-order valence-electron chi connectivity index (χ3n) is 2.44. The van der Waals surface area contributed by atoms with Gasteiger partial charge < -0.3 is 4.74 Å². The van der Waals surface area contributed by atoms with Crippen LogP contribution >= 0.6 is 43.2 Å². The summed E-state index contributed by atoms with van der Waals surface area (Å²) >= 11 is 8.22. The van der Waals surface area contributed by atoms with Crippen molar-refractivity contribution in [2.75, 3.05) is 7.11 Å². The Morgan fingerprint density at radius 3 is 2.44 bits per heavy atom. The Kier molecular flexibility index (Phi) is 4.59. The van der Waals surface area contributed by atoms with Gasteiger partial charge in [0.25, 0.3) is 0 Å². The van der Waals surface area contributed by atoms with E-state index in [4.69, 9.17) is 4.74 Å². The first-order valence-electron chi connectivity index (χ1n) is 5.21. The fraction of sp³-hybridized carbons (Fsp3) is 0.154. The molecule has 0 radical (unpaired) electrons. The second kappa shape index (κ2) is 5.99. The van der Waals surface area contributed by atoms with Gasteiger partial charge in [0.05, 0.1) is 15.8 Å². The van der Waals surface area contributed by atoms with Gasteiger partial charge in [-0.1, -0.05) is 12.1 Å². The lowest BCUT2D eigenvalue weighted by molar-refractivity contribution is 0.0997. The zero-order chi connectivity index (χ0) is 13.1. The molecule has 0 aliphatic heterocycles. The number of Topliss-reactive ketones (excluding diaryl/α,β-unsaturated/α-hetero) is 1. The first-order chi connectivity index (χ1) is 8.60. The molecule has 0 aliphatic rings. The average molecular weight is 390 g/mol. The number of halogens is 2. The lowest BCUT2D eigenvalue weighted by Crippen LogP contribution is -2.00. The number of ether oxygens (including phenoxy) is 1. The molecule has 18 heavy (non-hydrogen) atoms. The maximum absolute atomic E-state index is 12.1. The fourth-order valence-corrected chi connectivity index (χ4v) is 3.47. The summed E-state index contributed by atoms with van der Waals surface area (Å²) in [5.74, 6) is 0.921. The maximum Gasteiger partial charge on any atom is 0.177 e. The summed E-state index contributed by atoms with van der Waals surface area (Å²) in [6.45, 7) is 0. The molecule has 2 aromatic rings. The van der Waals surface area contributed by atoms with Crippen LogP contribution in [0.3, 0.4) is 0 Å². The lowest BCUT2D eigenvalue weighted by atomic mass is 10.1. The van der Waals surface area contributed by atoms with Gasteiger partial charge in [-0.2, -0.15) is 0 Å². The normalized spacial score (nSPS) is 10.4. The minimum atomic E-state index is 0.122. The molecule has 0 aliphatic carbocycles. The molecule has 2 nitrogen and oxygen atoms in total. The van der Waals surface area contributed by atoms with Crippen molar-refractivity contribution in [3.8, 4) is 5.75 Å². The highest BCUT2D eigenvalue weighted by molar-refractivity contribution is 9.13. The molecule has 5 heteroatoms. The van der Waals surface area contributed by atoms with Crippen molar-refractivity contribution >= 4 is 49.0 Å². The molecule has 94 valence electrons. The van der Waals surface area contributed by atoms with E-state index in [1.807, 2.05) is 30.3 Å². The number of thiophene rings is 1. The van der Waals surface area contributed by atoms with Crippen LogP contribution in [0.1, 0.15) is 15.2 Å². The number of benzene rings is 1. The topological polar surface area (TPSA) is 26.3 Å². The molecule has 0 N–H and O–H groups in total. The standard InChI is InChI=1S/C13H10Br2O2S/c1-17-9-4-2-8(3-5-9)6-11(16)12-7-10(14)13(15)18-12/h2-5,7H,6H2,1H3. The van der Waals surface area contributed by atoms with Crippen LogP contribution in [0.5, 0.6) is 5.75 Å². The van der Waals surface area contributed by atoms with Crippen LogP contribution in [0.2, 0.25) is 0 Å². The fourth-order valence-electron chi connectivity index (χ4n) is 1.50. The predicted molar refractivity (Wildman–Crippen MR) is 80.7 cm³/mol. The highest BCUT2D eigenvalue weighted by Gasteiger charge is 2.12. The third-order valence-corrected chi connectivity index (χ3v) is 5.74. The van der Waals surface area contributed by atoms with E-state index in [0.717, 1.165) is 24.4 Å². The Morgan fingerprint density at radius 1 is 1.28 bits per heavy atom. The molecule has 0 saturated heterocycles. The van der Waals surface area contributed by atoms with Crippen molar-refractivity contribution in [2.45, 2.75) is 6.42 Å². The number of methoxy groups -OCH3 is 1. The van der Waals surface area contributed by atoms with Crippen LogP contribution in [0.25, 0.3) is 0 Å². The SMILES string of the molecule is COc1ccc(CC(=O)c2cc(Br)c(Br)s2)cc1. The lowest BCUT2D eigenvalue weighted by Gasteiger charge is -2.02. The van der Waals surface area contributed by atoms with E-state index in [1.165, 1.54) is 11.3 Å². The minimum Gasteiger partial charge on any atom is -0.497 e. The summed E-state index contributed by atoms with van der Waals surface area (Å²) in [5.41, 5.74) is 0.987. The van der Waals surface area contributed by atoms with E-state index in [1.54, 1.807) is 7.11 Å². The van der Waals surface area contributed by atoms with Crippen LogP contribution in [-0.4, -0.2) is 12.9 Å². The van der Waals surface area contributed by atoms with Crippen molar-refractivity contribution in [1.29, 1.82) is 0 Å². The predicted octanol–water partition coefficient (Wildman–Crippen LogP) is 4.71. The molecule has 2 rings (SSSR count). The monoisotopic (exact) mass is 388 g/mol. The Balaban J connectivity index is 2.10. The van der Waals surface area contributed by atoms with E-state index >= 15 is 0 Å². The molecule has 1 aromatic heterocycles. The molecule has 1 heterocycles. The number of ketones is 1. The first-order valence-corrected chi connectivity index (χ1v) is 7.61. The number of hydrogen-bond acceptors (Lipinski definition) is 3. The largest absolute Gasteiger partial charge is 0.497 e. The van der Waals surface area contributed by atoms with Crippen molar-refractivity contribution in [1.82, 2.24) is 0 Å². The molecule has 0 bridgehead atoms. The van der Waals surface area contributed by atoms with Gasteiger partial charge in [-0.15, -0.1) is 11.3 Å². The van der Waals surface area contributed by atoms with Crippen LogP contribution in [0.4, 0.5) is 0 Å². The molecule has 0 unspecified atom stereocenters. The quantitative estimate of drug-likeness (QED) is 0.708. The number of carbonyl (C=O) groups is 1. The van der Waals surface area contributed by atoms with E-state index < -0.39 is 0 Å². The van der Waals surface area contributed by atoms with Gasteiger partial charge in [0.2, 0.25) is 0 Å². The van der Waals surface area contributed by atoms with Crippen molar-refractivity contribution in [2.24, 2.45) is 0 Å². The van der Waals surface area contributed by atoms with E-state index in [2.05, 4.69) is 31.9 Å². The summed E-state index contributed by atoms with van der Waals surface area (Å²) in [6, 6.07) is 9.40. The zero-order valence-corrected chi connectivity index (χ0v) is 13.6. The van der Waals surface area contributed by atoms with Crippen molar-refractivity contribution in [3.63, 3.8) is 0 Å². The highest BCUT2D eigenvalue weighted by atomic mass is 79.9. The molecule has 0 fully saturated rings. The summed E-state index contributed by atoms with van der Waals surface area (Å²) in [5, 5.41) is 0. The van der Waals surface area contributed by atoms with Gasteiger partial charge in [-0.25, -0.2) is 0 Å². The third kappa shape index (κ3) is 3.22. The Bertz CT molecular complexity index is 541. The summed E-state index contributed by atoms with van der Waals surface area (Å²) in [6.07, 6.45) is 0.406. The van der Waals surface area contributed by atoms with E-state index in [0.29, 0.717) is 6.42 Å². The Morgan fingerprint density at radius 2 is 1.94 bits per heavy atom. The Labute approximate surface area is 126 Å². The molecule has 0 spiro atoms. The smallest absolute Gasteiger partial charge is 0.177 e. The number of rotatable bonds is 4. The molecule has 0 amide bonds. The van der Waals surface area contributed by atoms with Gasteiger partial charge in [0, 0.05) is 10.9 Å². The second-order valence-corrected chi connectivity index (χ2v) is 6.90. The molecule has 0 atom stereocenters. The van der Waals surface area contributed by atoms with Gasteiger partial charge in [0.15, 0.2) is 5.78 Å². The number of hydrogen-bond donors (Lipinski definition) is 0. The summed E-state index contributed by atoms with van der Waals surface area (Å²) in [7, 11) is 1.63. The molecule has 1 aromatic carbocycles. The van der Waals surface area contributed by atoms with Gasteiger partial charge in [-0.3, -0.25) is 4.79 Å². The minimum absolute atomic E-state index is 0.122. The van der Waals surface area contributed by atoms with Crippen molar-refractivity contribution < 1.29 is 9.53 Å². The van der Waals surface area contributed by atoms with Crippen molar-refractivity contribution in [3.05, 3.63) is 49.0 Å². The first kappa shape index (κ1) is 13.8. The van der Waals surface area contributed by atoms with Gasteiger partial charge in [-0.05, 0) is 55.6 Å². The summed E-state index contributed by atoms with van der Waals surface area (Å²) in [4.78, 5) is 12.8. The molecule has 0 saturated carbocycles. The maximum atomic E-state index is 12.1. The molecular weight excluding hydrogens is 380 g/mol. The Hall–Kier alpha value is -0.650. The second-order valence-electron chi connectivity index (χ2n) is 3.68. The van der Waals surface area contributed by atoms with E-state index in [9.17, 15) is 4.79 Å². The van der Waals surface area contributed by atoms with Gasteiger partial charge in [0.1, 0.15) is 5.75 Å². The number of carbonyl (C=O) groups excluding carboxylic acids is 1. The highest BCUT2D eigenvalue weighted by Crippen LogP contribution is 2.33. The average Bonchev–Trinajstić information content (AvgIpc) is 2.71. The zero-order valence-electron chi connectivity index (χ0n) is 9.57. The van der Waals surface area contributed by atoms with Crippen LogP contribution in [0.15, 0.2) is 38.6 Å². The molecular formula is C13H10Br2O2S. The van der Waals surface area contributed by atoms with E-state index in [-0.39, 0.29) is 5.78 Å².